The predicted octanol–water partition coefficient (Wildman–Crippen LogP) is 4.83. The fourth-order valence-corrected chi connectivity index (χ4v) is 2.98. The molecule has 0 amide bonds. The molecule has 0 aliphatic rings. The van der Waals surface area contributed by atoms with Gasteiger partial charge >= 0.3 is 0 Å². The van der Waals surface area contributed by atoms with Gasteiger partial charge in [-0.25, -0.2) is 9.97 Å². The first-order valence-electron chi connectivity index (χ1n) is 9.18. The molecule has 0 aliphatic carbocycles. The number of anilines is 1. The number of nitrogens with zero attached hydrogens (tertiary/aromatic N) is 4. The number of hydrogen-bond donors (Lipinski definition) is 1. The lowest BCUT2D eigenvalue weighted by atomic mass is 10.0. The van der Waals surface area contributed by atoms with Crippen LogP contribution in [0.25, 0.3) is 22.4 Å². The number of aromatic nitrogens is 4. The summed E-state index contributed by atoms with van der Waals surface area (Å²) >= 11 is 0. The van der Waals surface area contributed by atoms with Gasteiger partial charge in [0.15, 0.2) is 0 Å². The van der Waals surface area contributed by atoms with Gasteiger partial charge in [0.25, 0.3) is 0 Å². The van der Waals surface area contributed by atoms with Crippen molar-refractivity contribution in [3.8, 4) is 22.4 Å². The molecule has 5 nitrogen and oxygen atoms in total. The van der Waals surface area contributed by atoms with E-state index in [4.69, 9.17) is 0 Å². The van der Waals surface area contributed by atoms with Gasteiger partial charge in [0.05, 0.1) is 5.69 Å². The lowest BCUT2D eigenvalue weighted by molar-refractivity contribution is 1.02. The topological polar surface area (TPSA) is 63.6 Å². The molecule has 3 heterocycles. The quantitative estimate of drug-likeness (QED) is 0.547. The lowest BCUT2D eigenvalue weighted by Crippen LogP contribution is -2.04. The first kappa shape index (κ1) is 17.8. The van der Waals surface area contributed by atoms with Gasteiger partial charge < -0.3 is 5.32 Å². The van der Waals surface area contributed by atoms with E-state index in [0.29, 0.717) is 6.54 Å². The minimum Gasteiger partial charge on any atom is -0.366 e. The number of pyridine rings is 2. The van der Waals surface area contributed by atoms with Crippen LogP contribution in [-0.4, -0.2) is 19.9 Å². The standard InChI is InChI=1S/C23H21N5/c1-16-3-5-19(6-4-16)20-11-21(15-25-14-20)22-12-23(28-17(2)27-22)26-13-18-7-9-24-10-8-18/h3-12,14-15H,13H2,1-2H3,(H,26,27,28). The van der Waals surface area contributed by atoms with E-state index in [9.17, 15) is 0 Å². The smallest absolute Gasteiger partial charge is 0.130 e. The Morgan fingerprint density at radius 1 is 0.750 bits per heavy atom. The van der Waals surface area contributed by atoms with Crippen molar-refractivity contribution in [1.29, 1.82) is 0 Å². The van der Waals surface area contributed by atoms with Crippen molar-refractivity contribution < 1.29 is 0 Å². The van der Waals surface area contributed by atoms with Crippen LogP contribution in [0.1, 0.15) is 17.0 Å². The number of rotatable bonds is 5. The third-order valence-corrected chi connectivity index (χ3v) is 4.48. The summed E-state index contributed by atoms with van der Waals surface area (Å²) in [5.41, 5.74) is 6.42. The predicted molar refractivity (Wildman–Crippen MR) is 112 cm³/mol. The molecular weight excluding hydrogens is 346 g/mol. The first-order valence-corrected chi connectivity index (χ1v) is 9.18. The fraction of sp³-hybridized carbons (Fsp3) is 0.130. The minimum absolute atomic E-state index is 0.681. The molecule has 0 saturated heterocycles. The normalized spacial score (nSPS) is 10.6. The molecule has 3 aromatic heterocycles. The summed E-state index contributed by atoms with van der Waals surface area (Å²) in [4.78, 5) is 17.6. The molecule has 0 spiro atoms. The molecule has 138 valence electrons. The molecule has 0 fully saturated rings. The molecule has 0 radical (unpaired) electrons. The number of hydrogen-bond acceptors (Lipinski definition) is 5. The third kappa shape index (κ3) is 4.20. The molecular formula is C23H21N5. The summed E-state index contributed by atoms with van der Waals surface area (Å²) in [7, 11) is 0. The monoisotopic (exact) mass is 367 g/mol. The average molecular weight is 367 g/mol. The Labute approximate surface area is 164 Å². The van der Waals surface area contributed by atoms with Crippen LogP contribution in [0, 0.1) is 13.8 Å². The van der Waals surface area contributed by atoms with Gasteiger partial charge in [0, 0.05) is 48.5 Å². The highest BCUT2D eigenvalue weighted by molar-refractivity contribution is 5.71. The Morgan fingerprint density at radius 2 is 1.50 bits per heavy atom. The van der Waals surface area contributed by atoms with Crippen molar-refractivity contribution >= 4 is 5.82 Å². The van der Waals surface area contributed by atoms with Crippen molar-refractivity contribution in [1.82, 2.24) is 19.9 Å². The van der Waals surface area contributed by atoms with Crippen molar-refractivity contribution in [3.63, 3.8) is 0 Å². The number of aryl methyl sites for hydroxylation is 2. The summed E-state index contributed by atoms with van der Waals surface area (Å²) in [5, 5.41) is 3.37. The van der Waals surface area contributed by atoms with E-state index >= 15 is 0 Å². The molecule has 0 bridgehead atoms. The van der Waals surface area contributed by atoms with Crippen LogP contribution in [0.2, 0.25) is 0 Å². The van der Waals surface area contributed by atoms with Gasteiger partial charge in [-0.05, 0) is 43.2 Å². The van der Waals surface area contributed by atoms with E-state index in [0.717, 1.165) is 39.6 Å². The molecule has 1 aromatic carbocycles. The Hall–Kier alpha value is -3.60. The summed E-state index contributed by atoms with van der Waals surface area (Å²) in [6.07, 6.45) is 7.29. The maximum atomic E-state index is 4.61. The van der Waals surface area contributed by atoms with Crippen LogP contribution in [0.15, 0.2) is 73.3 Å². The van der Waals surface area contributed by atoms with Gasteiger partial charge in [0.1, 0.15) is 11.6 Å². The van der Waals surface area contributed by atoms with Crippen LogP contribution >= 0.6 is 0 Å². The highest BCUT2D eigenvalue weighted by Gasteiger charge is 2.07. The molecule has 1 N–H and O–H groups in total. The zero-order valence-electron chi connectivity index (χ0n) is 15.9. The molecule has 0 saturated carbocycles. The molecule has 0 aliphatic heterocycles. The van der Waals surface area contributed by atoms with E-state index in [2.05, 4.69) is 62.5 Å². The molecule has 0 atom stereocenters. The second-order valence-corrected chi connectivity index (χ2v) is 6.72. The van der Waals surface area contributed by atoms with Gasteiger partial charge in [0.2, 0.25) is 0 Å². The third-order valence-electron chi connectivity index (χ3n) is 4.48. The van der Waals surface area contributed by atoms with Gasteiger partial charge in [-0.1, -0.05) is 29.8 Å². The summed E-state index contributed by atoms with van der Waals surface area (Å²) in [6.45, 7) is 4.67. The van der Waals surface area contributed by atoms with E-state index in [-0.39, 0.29) is 0 Å². The Balaban J connectivity index is 1.61. The maximum absolute atomic E-state index is 4.61. The van der Waals surface area contributed by atoms with Gasteiger partial charge in [-0.15, -0.1) is 0 Å². The summed E-state index contributed by atoms with van der Waals surface area (Å²) in [5.74, 6) is 1.51. The highest BCUT2D eigenvalue weighted by atomic mass is 15.0. The van der Waals surface area contributed by atoms with Gasteiger partial charge in [-0.2, -0.15) is 0 Å². The van der Waals surface area contributed by atoms with Crippen LogP contribution in [0.3, 0.4) is 0 Å². The molecule has 28 heavy (non-hydrogen) atoms. The molecule has 4 rings (SSSR count). The zero-order chi connectivity index (χ0) is 19.3. The Kier molecular flexibility index (Phi) is 5.06. The number of nitrogens with one attached hydrogen (secondary N) is 1. The van der Waals surface area contributed by atoms with Crippen molar-refractivity contribution in [2.75, 3.05) is 5.32 Å². The first-order chi connectivity index (χ1) is 13.7. The van der Waals surface area contributed by atoms with Crippen molar-refractivity contribution in [2.24, 2.45) is 0 Å². The van der Waals surface area contributed by atoms with Crippen molar-refractivity contribution in [2.45, 2.75) is 20.4 Å². The Morgan fingerprint density at radius 3 is 2.29 bits per heavy atom. The number of benzene rings is 1. The van der Waals surface area contributed by atoms with E-state index < -0.39 is 0 Å². The van der Waals surface area contributed by atoms with Crippen LogP contribution in [0.5, 0.6) is 0 Å². The van der Waals surface area contributed by atoms with Crippen molar-refractivity contribution in [3.05, 3.63) is 90.3 Å². The SMILES string of the molecule is Cc1ccc(-c2cncc(-c3cc(NCc4ccncc4)nc(C)n3)c2)cc1. The summed E-state index contributed by atoms with van der Waals surface area (Å²) < 4.78 is 0. The van der Waals surface area contributed by atoms with Crippen LogP contribution in [0.4, 0.5) is 5.82 Å². The molecule has 4 aromatic rings. The molecule has 5 heteroatoms. The maximum Gasteiger partial charge on any atom is 0.130 e. The Bertz CT molecular complexity index is 1080. The average Bonchev–Trinajstić information content (AvgIpc) is 2.73. The largest absolute Gasteiger partial charge is 0.366 e. The highest BCUT2D eigenvalue weighted by Crippen LogP contribution is 2.25. The van der Waals surface area contributed by atoms with Crippen LogP contribution < -0.4 is 5.32 Å². The van der Waals surface area contributed by atoms with E-state index in [1.807, 2.05) is 37.5 Å². The van der Waals surface area contributed by atoms with Crippen LogP contribution in [-0.2, 0) is 6.54 Å². The van der Waals surface area contributed by atoms with Gasteiger partial charge in [-0.3, -0.25) is 9.97 Å². The second-order valence-electron chi connectivity index (χ2n) is 6.72. The molecule has 0 unspecified atom stereocenters. The van der Waals surface area contributed by atoms with E-state index in [1.165, 1.54) is 5.56 Å². The minimum atomic E-state index is 0.681. The summed E-state index contributed by atoms with van der Waals surface area (Å²) in [6, 6.07) is 16.5. The zero-order valence-corrected chi connectivity index (χ0v) is 15.9. The van der Waals surface area contributed by atoms with E-state index in [1.54, 1.807) is 12.4 Å². The fourth-order valence-electron chi connectivity index (χ4n) is 2.98. The lowest BCUT2D eigenvalue weighted by Gasteiger charge is -2.10. The second kappa shape index (κ2) is 7.96.